The molecule has 7 heteroatoms. The van der Waals surface area contributed by atoms with E-state index < -0.39 is 12.8 Å². The number of rotatable bonds is 3. The quantitative estimate of drug-likeness (QED) is 0.632. The van der Waals surface area contributed by atoms with Gasteiger partial charge < -0.3 is 10.2 Å². The van der Waals surface area contributed by atoms with E-state index in [2.05, 4.69) is 10.2 Å². The van der Waals surface area contributed by atoms with Crippen LogP contribution >= 0.6 is 12.4 Å². The minimum Gasteiger partial charge on any atom is -0.482 e. The van der Waals surface area contributed by atoms with E-state index in [1.54, 1.807) is 12.1 Å². The van der Waals surface area contributed by atoms with Crippen molar-refractivity contribution in [1.82, 2.24) is 0 Å². The molecule has 3 N–H and O–H groups in total. The van der Waals surface area contributed by atoms with Crippen LogP contribution in [0.15, 0.2) is 24.3 Å². The standard InChI is InChI=1S/C8H9F3N2O.ClH/c9-8(10,11)5-14-7-4-2-1-3-6(7)13-12;/h1-4,13H,5,12H2;1H. The summed E-state index contributed by atoms with van der Waals surface area (Å²) < 4.78 is 39.9. The lowest BCUT2D eigenvalue weighted by Crippen LogP contribution is -2.20. The highest BCUT2D eigenvalue weighted by molar-refractivity contribution is 5.85. The van der Waals surface area contributed by atoms with Gasteiger partial charge in [-0.05, 0) is 12.1 Å². The number of hydrazine groups is 1. The maximum absolute atomic E-state index is 11.8. The first kappa shape index (κ1) is 13.9. The van der Waals surface area contributed by atoms with Crippen LogP contribution in [-0.2, 0) is 0 Å². The molecule has 1 aromatic rings. The number of nitrogens with one attached hydrogen (secondary N) is 1. The molecule has 0 aliphatic heterocycles. The molecule has 0 saturated heterocycles. The molecule has 1 rings (SSSR count). The fraction of sp³-hybridized carbons (Fsp3) is 0.250. The highest BCUT2D eigenvalue weighted by atomic mass is 35.5. The van der Waals surface area contributed by atoms with E-state index in [-0.39, 0.29) is 18.2 Å². The van der Waals surface area contributed by atoms with Crippen LogP contribution in [0.5, 0.6) is 5.75 Å². The normalized spacial score (nSPS) is 10.4. The van der Waals surface area contributed by atoms with Gasteiger partial charge in [0.15, 0.2) is 6.61 Å². The van der Waals surface area contributed by atoms with E-state index in [0.29, 0.717) is 5.69 Å². The summed E-state index contributed by atoms with van der Waals surface area (Å²) in [7, 11) is 0. The molecule has 0 atom stereocenters. The monoisotopic (exact) mass is 242 g/mol. The number of ether oxygens (including phenoxy) is 1. The molecule has 3 nitrogen and oxygen atoms in total. The zero-order valence-electron chi connectivity index (χ0n) is 7.54. The smallest absolute Gasteiger partial charge is 0.422 e. The number of anilines is 1. The Labute approximate surface area is 90.8 Å². The lowest BCUT2D eigenvalue weighted by Gasteiger charge is -2.12. The lowest BCUT2D eigenvalue weighted by atomic mass is 10.3. The number of para-hydroxylation sites is 2. The zero-order valence-corrected chi connectivity index (χ0v) is 8.36. The van der Waals surface area contributed by atoms with Crippen LogP contribution in [0.3, 0.4) is 0 Å². The second-order valence-electron chi connectivity index (χ2n) is 2.54. The molecule has 0 unspecified atom stereocenters. The Balaban J connectivity index is 0.00000196. The van der Waals surface area contributed by atoms with Crippen molar-refractivity contribution in [3.8, 4) is 5.75 Å². The van der Waals surface area contributed by atoms with Gasteiger partial charge in [-0.1, -0.05) is 12.1 Å². The average Bonchev–Trinajstić information content (AvgIpc) is 2.14. The molecular weight excluding hydrogens is 233 g/mol. The van der Waals surface area contributed by atoms with Crippen LogP contribution in [-0.4, -0.2) is 12.8 Å². The number of nitrogens with two attached hydrogens (primary N) is 1. The van der Waals surface area contributed by atoms with Crippen LogP contribution in [0, 0.1) is 0 Å². The average molecular weight is 243 g/mol. The minimum absolute atomic E-state index is 0. The van der Waals surface area contributed by atoms with Crippen molar-refractivity contribution >= 4 is 18.1 Å². The van der Waals surface area contributed by atoms with E-state index in [1.807, 2.05) is 0 Å². The van der Waals surface area contributed by atoms with Crippen LogP contribution in [0.2, 0.25) is 0 Å². The Kier molecular flexibility index (Phi) is 5.24. The van der Waals surface area contributed by atoms with E-state index in [0.717, 1.165) is 0 Å². The Morgan fingerprint density at radius 1 is 1.27 bits per heavy atom. The number of hydrogen-bond donors (Lipinski definition) is 2. The first-order valence-electron chi connectivity index (χ1n) is 3.78. The van der Waals surface area contributed by atoms with E-state index in [9.17, 15) is 13.2 Å². The van der Waals surface area contributed by atoms with Crippen molar-refractivity contribution in [3.05, 3.63) is 24.3 Å². The number of benzene rings is 1. The third-order valence-corrected chi connectivity index (χ3v) is 1.43. The van der Waals surface area contributed by atoms with Crippen LogP contribution in [0.4, 0.5) is 18.9 Å². The predicted octanol–water partition coefficient (Wildman–Crippen LogP) is 2.34. The topological polar surface area (TPSA) is 47.3 Å². The summed E-state index contributed by atoms with van der Waals surface area (Å²) in [6.45, 7) is -1.33. The Morgan fingerprint density at radius 3 is 2.40 bits per heavy atom. The van der Waals surface area contributed by atoms with Crippen LogP contribution in [0.25, 0.3) is 0 Å². The maximum atomic E-state index is 11.8. The largest absolute Gasteiger partial charge is 0.482 e. The highest BCUT2D eigenvalue weighted by Gasteiger charge is 2.28. The Morgan fingerprint density at radius 2 is 1.87 bits per heavy atom. The molecule has 86 valence electrons. The molecule has 0 spiro atoms. The molecule has 0 heterocycles. The van der Waals surface area contributed by atoms with Crippen molar-refractivity contribution in [2.45, 2.75) is 6.18 Å². The van der Waals surface area contributed by atoms with Gasteiger partial charge in [0.05, 0.1) is 5.69 Å². The Bertz CT molecular complexity index is 306. The van der Waals surface area contributed by atoms with Crippen molar-refractivity contribution in [2.75, 3.05) is 12.0 Å². The van der Waals surface area contributed by atoms with Crippen LogP contribution in [0.1, 0.15) is 0 Å². The molecule has 1 aromatic carbocycles. The molecule has 15 heavy (non-hydrogen) atoms. The van der Waals surface area contributed by atoms with Gasteiger partial charge in [-0.2, -0.15) is 13.2 Å². The van der Waals surface area contributed by atoms with Crippen molar-refractivity contribution < 1.29 is 17.9 Å². The van der Waals surface area contributed by atoms with Gasteiger partial charge in [-0.25, -0.2) is 0 Å². The molecule has 0 aliphatic carbocycles. The van der Waals surface area contributed by atoms with Gasteiger partial charge in [0.1, 0.15) is 5.75 Å². The number of halogens is 4. The first-order chi connectivity index (χ1) is 6.53. The fourth-order valence-corrected chi connectivity index (χ4v) is 0.871. The second-order valence-corrected chi connectivity index (χ2v) is 2.54. The van der Waals surface area contributed by atoms with Gasteiger partial charge in [-0.15, -0.1) is 12.4 Å². The van der Waals surface area contributed by atoms with Crippen molar-refractivity contribution in [3.63, 3.8) is 0 Å². The molecule has 0 amide bonds. The summed E-state index contributed by atoms with van der Waals surface area (Å²) in [5.41, 5.74) is 2.56. The summed E-state index contributed by atoms with van der Waals surface area (Å²) in [5.74, 6) is 5.15. The third kappa shape index (κ3) is 4.75. The third-order valence-electron chi connectivity index (χ3n) is 1.43. The van der Waals surface area contributed by atoms with E-state index >= 15 is 0 Å². The molecule has 0 radical (unpaired) electrons. The summed E-state index contributed by atoms with van der Waals surface area (Å²) in [4.78, 5) is 0. The summed E-state index contributed by atoms with van der Waals surface area (Å²) in [6.07, 6.45) is -4.35. The SMILES string of the molecule is Cl.NNc1ccccc1OCC(F)(F)F. The molecule has 0 aromatic heterocycles. The summed E-state index contributed by atoms with van der Waals surface area (Å²) >= 11 is 0. The molecule has 0 aliphatic rings. The lowest BCUT2D eigenvalue weighted by molar-refractivity contribution is -0.153. The number of hydrogen-bond acceptors (Lipinski definition) is 3. The van der Waals surface area contributed by atoms with Crippen molar-refractivity contribution in [1.29, 1.82) is 0 Å². The van der Waals surface area contributed by atoms with Gasteiger partial charge in [-0.3, -0.25) is 5.84 Å². The molecule has 0 fully saturated rings. The zero-order chi connectivity index (χ0) is 10.6. The summed E-state index contributed by atoms with van der Waals surface area (Å²) in [6, 6.07) is 6.12. The predicted molar refractivity (Wildman–Crippen MR) is 53.1 cm³/mol. The van der Waals surface area contributed by atoms with Crippen LogP contribution < -0.4 is 16.0 Å². The minimum atomic E-state index is -4.35. The molecule has 0 saturated carbocycles. The fourth-order valence-electron chi connectivity index (χ4n) is 0.871. The van der Waals surface area contributed by atoms with Gasteiger partial charge >= 0.3 is 6.18 Å². The first-order valence-corrected chi connectivity index (χ1v) is 3.78. The van der Waals surface area contributed by atoms with Gasteiger partial charge in [0.2, 0.25) is 0 Å². The maximum Gasteiger partial charge on any atom is 0.422 e. The Hall–Kier alpha value is -1.14. The second kappa shape index (κ2) is 5.67. The molecular formula is C8H10ClF3N2O. The molecule has 0 bridgehead atoms. The van der Waals surface area contributed by atoms with Gasteiger partial charge in [0.25, 0.3) is 0 Å². The summed E-state index contributed by atoms with van der Waals surface area (Å²) in [5, 5.41) is 0. The highest BCUT2D eigenvalue weighted by Crippen LogP contribution is 2.25. The van der Waals surface area contributed by atoms with E-state index in [4.69, 9.17) is 5.84 Å². The van der Waals surface area contributed by atoms with Gasteiger partial charge in [0, 0.05) is 0 Å². The number of nitrogen functional groups attached to an aromatic ring is 1. The van der Waals surface area contributed by atoms with E-state index in [1.165, 1.54) is 12.1 Å². The number of alkyl halides is 3. The van der Waals surface area contributed by atoms with Crippen molar-refractivity contribution in [2.24, 2.45) is 5.84 Å².